The number of aliphatic hydroxyl groups excluding tert-OH is 1. The fraction of sp³-hybridized carbons (Fsp3) is 0.692. The van der Waals surface area contributed by atoms with E-state index in [-0.39, 0.29) is 6.10 Å². The third-order valence-electron chi connectivity index (χ3n) is 3.06. The Bertz CT molecular complexity index is 205. The Morgan fingerprint density at radius 2 is 2.36 bits per heavy atom. The molecule has 0 saturated heterocycles. The van der Waals surface area contributed by atoms with Gasteiger partial charge in [-0.05, 0) is 43.6 Å². The van der Waals surface area contributed by atoms with Gasteiger partial charge in [0.25, 0.3) is 0 Å². The Morgan fingerprint density at radius 3 is 2.93 bits per heavy atom. The topological polar surface area (TPSA) is 20.2 Å². The lowest BCUT2D eigenvalue weighted by Crippen LogP contribution is -2.16. The molecule has 1 aliphatic carbocycles. The van der Waals surface area contributed by atoms with Gasteiger partial charge < -0.3 is 5.11 Å². The molecule has 0 aromatic rings. The smallest absolute Gasteiger partial charge is 0.0750 e. The second kappa shape index (κ2) is 6.02. The SMILES string of the molecule is C=CCC(C=C1CCCCC1O)CC. The second-order valence-electron chi connectivity index (χ2n) is 4.20. The summed E-state index contributed by atoms with van der Waals surface area (Å²) in [4.78, 5) is 0. The van der Waals surface area contributed by atoms with Crippen LogP contribution >= 0.6 is 0 Å². The van der Waals surface area contributed by atoms with Crippen LogP contribution in [0, 0.1) is 5.92 Å². The predicted molar refractivity (Wildman–Crippen MR) is 61.2 cm³/mol. The van der Waals surface area contributed by atoms with Crippen LogP contribution < -0.4 is 0 Å². The third-order valence-corrected chi connectivity index (χ3v) is 3.06. The highest BCUT2D eigenvalue weighted by atomic mass is 16.3. The lowest BCUT2D eigenvalue weighted by atomic mass is 9.88. The quantitative estimate of drug-likeness (QED) is 0.680. The first-order chi connectivity index (χ1) is 6.77. The summed E-state index contributed by atoms with van der Waals surface area (Å²) in [6, 6.07) is 0. The lowest BCUT2D eigenvalue weighted by Gasteiger charge is -2.22. The van der Waals surface area contributed by atoms with Crippen LogP contribution in [0.1, 0.15) is 45.4 Å². The first-order valence-electron chi connectivity index (χ1n) is 5.77. The van der Waals surface area contributed by atoms with E-state index in [1.807, 2.05) is 6.08 Å². The van der Waals surface area contributed by atoms with Crippen molar-refractivity contribution in [2.24, 2.45) is 5.92 Å². The second-order valence-corrected chi connectivity index (χ2v) is 4.20. The zero-order valence-corrected chi connectivity index (χ0v) is 9.21. The maximum absolute atomic E-state index is 9.79. The van der Waals surface area contributed by atoms with Gasteiger partial charge in [-0.2, -0.15) is 0 Å². The maximum Gasteiger partial charge on any atom is 0.0750 e. The minimum absolute atomic E-state index is 0.164. The van der Waals surface area contributed by atoms with Gasteiger partial charge in [0.2, 0.25) is 0 Å². The molecular weight excluding hydrogens is 172 g/mol. The van der Waals surface area contributed by atoms with E-state index in [4.69, 9.17) is 0 Å². The Hall–Kier alpha value is -0.560. The van der Waals surface area contributed by atoms with Crippen molar-refractivity contribution in [3.63, 3.8) is 0 Å². The standard InChI is InChI=1S/C13H22O/c1-3-7-11(4-2)10-12-8-5-6-9-13(12)14/h3,10-11,13-14H,1,4-9H2,2H3. The monoisotopic (exact) mass is 194 g/mol. The van der Waals surface area contributed by atoms with E-state index in [1.54, 1.807) is 0 Å². The van der Waals surface area contributed by atoms with Crippen molar-refractivity contribution in [1.29, 1.82) is 0 Å². The summed E-state index contributed by atoms with van der Waals surface area (Å²) in [7, 11) is 0. The molecule has 1 rings (SSSR count). The maximum atomic E-state index is 9.79. The first kappa shape index (κ1) is 11.5. The van der Waals surface area contributed by atoms with Crippen molar-refractivity contribution < 1.29 is 5.11 Å². The van der Waals surface area contributed by atoms with Crippen LogP contribution in [0.15, 0.2) is 24.3 Å². The molecule has 2 unspecified atom stereocenters. The van der Waals surface area contributed by atoms with E-state index in [0.29, 0.717) is 5.92 Å². The highest BCUT2D eigenvalue weighted by Gasteiger charge is 2.16. The molecule has 1 heteroatoms. The molecule has 0 radical (unpaired) electrons. The highest BCUT2D eigenvalue weighted by molar-refractivity contribution is 5.12. The highest BCUT2D eigenvalue weighted by Crippen LogP contribution is 2.26. The minimum atomic E-state index is -0.164. The van der Waals surface area contributed by atoms with Gasteiger partial charge in [-0.25, -0.2) is 0 Å². The summed E-state index contributed by atoms with van der Waals surface area (Å²) in [5.74, 6) is 0.579. The van der Waals surface area contributed by atoms with Crippen molar-refractivity contribution in [2.45, 2.75) is 51.6 Å². The fourth-order valence-electron chi connectivity index (χ4n) is 2.08. The van der Waals surface area contributed by atoms with E-state index in [2.05, 4.69) is 19.6 Å². The molecule has 0 aromatic carbocycles. The zero-order valence-electron chi connectivity index (χ0n) is 9.21. The van der Waals surface area contributed by atoms with Crippen LogP contribution in [0.4, 0.5) is 0 Å². The molecule has 1 saturated carbocycles. The first-order valence-corrected chi connectivity index (χ1v) is 5.77. The molecule has 0 aliphatic heterocycles. The molecule has 0 aromatic heterocycles. The molecule has 0 heterocycles. The Morgan fingerprint density at radius 1 is 1.57 bits per heavy atom. The summed E-state index contributed by atoms with van der Waals surface area (Å²) in [5.41, 5.74) is 1.27. The van der Waals surface area contributed by atoms with Gasteiger partial charge in [0, 0.05) is 0 Å². The van der Waals surface area contributed by atoms with Crippen LogP contribution in [0.25, 0.3) is 0 Å². The molecule has 0 spiro atoms. The van der Waals surface area contributed by atoms with Crippen molar-refractivity contribution >= 4 is 0 Å². The summed E-state index contributed by atoms with van der Waals surface area (Å²) in [6.07, 6.45) is 10.7. The molecule has 1 N–H and O–H groups in total. The van der Waals surface area contributed by atoms with E-state index in [1.165, 1.54) is 18.4 Å². The minimum Gasteiger partial charge on any atom is -0.389 e. The Kier molecular flexibility index (Phi) is 4.95. The molecule has 0 bridgehead atoms. The normalized spacial score (nSPS) is 27.6. The van der Waals surface area contributed by atoms with Crippen LogP contribution in [-0.2, 0) is 0 Å². The van der Waals surface area contributed by atoms with E-state index in [0.717, 1.165) is 25.7 Å². The predicted octanol–water partition coefficient (Wildman–Crippen LogP) is 3.45. The van der Waals surface area contributed by atoms with Gasteiger partial charge in [-0.3, -0.25) is 0 Å². The molecule has 14 heavy (non-hydrogen) atoms. The van der Waals surface area contributed by atoms with Crippen LogP contribution in [0.5, 0.6) is 0 Å². The van der Waals surface area contributed by atoms with Gasteiger partial charge >= 0.3 is 0 Å². The number of aliphatic hydroxyl groups is 1. The van der Waals surface area contributed by atoms with Crippen molar-refractivity contribution in [3.05, 3.63) is 24.3 Å². The van der Waals surface area contributed by atoms with Crippen LogP contribution in [0.3, 0.4) is 0 Å². The van der Waals surface area contributed by atoms with Crippen molar-refractivity contribution in [1.82, 2.24) is 0 Å². The lowest BCUT2D eigenvalue weighted by molar-refractivity contribution is 0.177. The van der Waals surface area contributed by atoms with E-state index in [9.17, 15) is 5.11 Å². The van der Waals surface area contributed by atoms with Gasteiger partial charge in [-0.15, -0.1) is 6.58 Å². The molecule has 2 atom stereocenters. The van der Waals surface area contributed by atoms with Crippen molar-refractivity contribution in [3.8, 4) is 0 Å². The summed E-state index contributed by atoms with van der Waals surface area (Å²) in [6.45, 7) is 5.96. The summed E-state index contributed by atoms with van der Waals surface area (Å²) < 4.78 is 0. The number of allylic oxidation sites excluding steroid dienone is 2. The Balaban J connectivity index is 2.57. The number of rotatable bonds is 4. The Labute approximate surface area is 87.5 Å². The van der Waals surface area contributed by atoms with Crippen molar-refractivity contribution in [2.75, 3.05) is 0 Å². The van der Waals surface area contributed by atoms with Gasteiger partial charge in [0.05, 0.1) is 6.10 Å². The van der Waals surface area contributed by atoms with Gasteiger partial charge in [0.1, 0.15) is 0 Å². The zero-order chi connectivity index (χ0) is 10.4. The van der Waals surface area contributed by atoms with E-state index >= 15 is 0 Å². The summed E-state index contributed by atoms with van der Waals surface area (Å²) >= 11 is 0. The molecule has 80 valence electrons. The van der Waals surface area contributed by atoms with Crippen LogP contribution in [0.2, 0.25) is 0 Å². The average Bonchev–Trinajstić information content (AvgIpc) is 2.20. The molecule has 1 nitrogen and oxygen atoms in total. The molecule has 0 amide bonds. The largest absolute Gasteiger partial charge is 0.389 e. The summed E-state index contributed by atoms with van der Waals surface area (Å²) in [5, 5.41) is 9.79. The third kappa shape index (κ3) is 3.30. The van der Waals surface area contributed by atoms with Gasteiger partial charge in [0.15, 0.2) is 0 Å². The molecule has 1 fully saturated rings. The molecule has 1 aliphatic rings. The number of hydrogen-bond donors (Lipinski definition) is 1. The fourth-order valence-corrected chi connectivity index (χ4v) is 2.08. The van der Waals surface area contributed by atoms with Crippen LogP contribution in [-0.4, -0.2) is 11.2 Å². The van der Waals surface area contributed by atoms with Gasteiger partial charge in [-0.1, -0.05) is 25.5 Å². The molecular formula is C13H22O. The average molecular weight is 194 g/mol. The number of hydrogen-bond acceptors (Lipinski definition) is 1. The van der Waals surface area contributed by atoms with E-state index < -0.39 is 0 Å².